The number of rotatable bonds is 9. The van der Waals surface area contributed by atoms with Crippen LogP contribution in [0.5, 0.6) is 0 Å². The van der Waals surface area contributed by atoms with Gasteiger partial charge in [-0.1, -0.05) is 81.4 Å². The summed E-state index contributed by atoms with van der Waals surface area (Å²) in [6.45, 7) is 6.83. The van der Waals surface area contributed by atoms with Crippen molar-refractivity contribution in [3.8, 4) is 0 Å². The van der Waals surface area contributed by atoms with Crippen molar-refractivity contribution < 1.29 is 19.1 Å². The van der Waals surface area contributed by atoms with Gasteiger partial charge in [-0.2, -0.15) is 0 Å². The van der Waals surface area contributed by atoms with Crippen molar-refractivity contribution in [1.29, 1.82) is 0 Å². The highest BCUT2D eigenvalue weighted by atomic mass is 28.4. The molecule has 1 unspecified atom stereocenters. The number of aliphatic hydroxyl groups excluding tert-OH is 1. The smallest absolute Gasteiger partial charge is 0.404 e. The lowest BCUT2D eigenvalue weighted by Crippen LogP contribution is -2.67. The van der Waals surface area contributed by atoms with Gasteiger partial charge in [-0.15, -0.1) is 0 Å². The molecule has 0 bridgehead atoms. The van der Waals surface area contributed by atoms with E-state index in [1.54, 1.807) is 0 Å². The Kier molecular flexibility index (Phi) is 7.80. The molecule has 0 aliphatic rings. The number of benzene rings is 2. The van der Waals surface area contributed by atoms with Gasteiger partial charge < -0.3 is 20.0 Å². The topological polar surface area (TPSA) is 81.8 Å². The molecule has 0 saturated carbocycles. The molecule has 2 aromatic carbocycles. The Morgan fingerprint density at radius 1 is 1.04 bits per heavy atom. The molecule has 0 radical (unpaired) electrons. The van der Waals surface area contributed by atoms with Crippen LogP contribution >= 0.6 is 0 Å². The van der Waals surface area contributed by atoms with Crippen LogP contribution in [0.2, 0.25) is 5.04 Å². The SMILES string of the molecule is CC(C)(C)[Si](OCC(CCCO)OC(N)=O)(c1ccccc1)c1ccccc1. The number of ether oxygens (including phenoxy) is 1. The van der Waals surface area contributed by atoms with E-state index in [2.05, 4.69) is 45.0 Å². The number of hydrogen-bond donors (Lipinski definition) is 2. The second-order valence-electron chi connectivity index (χ2n) is 7.90. The van der Waals surface area contributed by atoms with Crippen LogP contribution in [0.4, 0.5) is 4.79 Å². The second-order valence-corrected chi connectivity index (χ2v) is 12.2. The fraction of sp³-hybridized carbons (Fsp3) is 0.409. The summed E-state index contributed by atoms with van der Waals surface area (Å²) in [4.78, 5) is 11.3. The predicted molar refractivity (Wildman–Crippen MR) is 114 cm³/mol. The average Bonchev–Trinajstić information content (AvgIpc) is 2.66. The van der Waals surface area contributed by atoms with Crippen LogP contribution in [-0.4, -0.2) is 38.8 Å². The highest BCUT2D eigenvalue weighted by Gasteiger charge is 2.50. The van der Waals surface area contributed by atoms with E-state index in [9.17, 15) is 4.79 Å². The Hall–Kier alpha value is -2.15. The van der Waals surface area contributed by atoms with Crippen molar-refractivity contribution in [1.82, 2.24) is 0 Å². The number of primary amides is 1. The molecule has 0 fully saturated rings. The van der Waals surface area contributed by atoms with Crippen LogP contribution in [-0.2, 0) is 9.16 Å². The van der Waals surface area contributed by atoms with Crippen LogP contribution in [0.15, 0.2) is 60.7 Å². The maximum absolute atomic E-state index is 11.3. The average molecular weight is 402 g/mol. The molecule has 1 amide bonds. The first-order valence-corrected chi connectivity index (χ1v) is 11.5. The van der Waals surface area contributed by atoms with Gasteiger partial charge in [-0.25, -0.2) is 4.79 Å². The molecule has 0 saturated heterocycles. The summed E-state index contributed by atoms with van der Waals surface area (Å²) in [6.07, 6.45) is -0.306. The van der Waals surface area contributed by atoms with E-state index in [1.165, 1.54) is 0 Å². The third-order valence-corrected chi connectivity index (χ3v) is 9.87. The summed E-state index contributed by atoms with van der Waals surface area (Å²) in [5.41, 5.74) is 5.24. The molecule has 0 spiro atoms. The Morgan fingerprint density at radius 2 is 1.54 bits per heavy atom. The first-order valence-electron chi connectivity index (χ1n) is 9.63. The Morgan fingerprint density at radius 3 is 1.93 bits per heavy atom. The van der Waals surface area contributed by atoms with Crippen LogP contribution in [0.25, 0.3) is 0 Å². The maximum Gasteiger partial charge on any atom is 0.404 e. The van der Waals surface area contributed by atoms with Gasteiger partial charge in [0.15, 0.2) is 0 Å². The standard InChI is InChI=1S/C22H31NO4Si/c1-22(2,3)28(19-12-6-4-7-13-19,20-14-8-5-9-15-20)26-17-18(11-10-16-24)27-21(23)25/h4-9,12-15,18,24H,10-11,16-17H2,1-3H3,(H2,23,25). The molecule has 6 heteroatoms. The monoisotopic (exact) mass is 401 g/mol. The lowest BCUT2D eigenvalue weighted by Gasteiger charge is -2.43. The second kappa shape index (κ2) is 9.86. The molecule has 0 aliphatic heterocycles. The van der Waals surface area contributed by atoms with E-state index in [4.69, 9.17) is 20.0 Å². The first-order chi connectivity index (χ1) is 13.3. The minimum absolute atomic E-state index is 0.0256. The van der Waals surface area contributed by atoms with Gasteiger partial charge >= 0.3 is 6.09 Å². The van der Waals surface area contributed by atoms with Crippen LogP contribution in [0.3, 0.4) is 0 Å². The minimum Gasteiger partial charge on any atom is -0.444 e. The third-order valence-electron chi connectivity index (χ3n) is 4.87. The molecule has 1 atom stereocenters. The van der Waals surface area contributed by atoms with E-state index in [1.807, 2.05) is 36.4 Å². The van der Waals surface area contributed by atoms with Crippen LogP contribution in [0.1, 0.15) is 33.6 Å². The van der Waals surface area contributed by atoms with Crippen molar-refractivity contribution >= 4 is 24.8 Å². The first kappa shape index (κ1) is 22.1. The van der Waals surface area contributed by atoms with Gasteiger partial charge in [0.1, 0.15) is 6.10 Å². The molecule has 3 N–H and O–H groups in total. The van der Waals surface area contributed by atoms with E-state index < -0.39 is 20.5 Å². The van der Waals surface area contributed by atoms with Crippen molar-refractivity contribution in [2.45, 2.75) is 44.8 Å². The zero-order valence-corrected chi connectivity index (χ0v) is 17.9. The molecule has 0 aliphatic carbocycles. The quantitative estimate of drug-likeness (QED) is 0.633. The molecule has 0 heterocycles. The minimum atomic E-state index is -2.70. The van der Waals surface area contributed by atoms with Gasteiger partial charge in [-0.05, 0) is 28.3 Å². The van der Waals surface area contributed by atoms with Crippen molar-refractivity contribution in [2.75, 3.05) is 13.2 Å². The number of aliphatic hydroxyl groups is 1. The molecule has 5 nitrogen and oxygen atoms in total. The highest BCUT2D eigenvalue weighted by Crippen LogP contribution is 2.37. The van der Waals surface area contributed by atoms with Gasteiger partial charge in [0.25, 0.3) is 8.32 Å². The molecule has 28 heavy (non-hydrogen) atoms. The van der Waals surface area contributed by atoms with E-state index in [0.29, 0.717) is 12.8 Å². The zero-order valence-electron chi connectivity index (χ0n) is 16.9. The van der Waals surface area contributed by atoms with Crippen LogP contribution < -0.4 is 16.1 Å². The number of carbonyl (C=O) groups excluding carboxylic acids is 1. The van der Waals surface area contributed by atoms with Crippen molar-refractivity contribution in [3.63, 3.8) is 0 Å². The zero-order chi connectivity index (χ0) is 20.6. The van der Waals surface area contributed by atoms with E-state index >= 15 is 0 Å². The summed E-state index contributed by atoms with van der Waals surface area (Å²) in [6, 6.07) is 20.6. The molecule has 0 aromatic heterocycles. The Bertz CT molecular complexity index is 692. The van der Waals surface area contributed by atoms with E-state index in [0.717, 1.165) is 10.4 Å². The van der Waals surface area contributed by atoms with Gasteiger partial charge in [-0.3, -0.25) is 0 Å². The van der Waals surface area contributed by atoms with Gasteiger partial charge in [0.05, 0.1) is 6.61 Å². The third kappa shape index (κ3) is 5.22. The summed E-state index contributed by atoms with van der Waals surface area (Å²) in [5.74, 6) is 0. The Labute approximate surface area is 168 Å². The maximum atomic E-state index is 11.3. The highest BCUT2D eigenvalue weighted by molar-refractivity contribution is 6.99. The van der Waals surface area contributed by atoms with Crippen LogP contribution in [0, 0.1) is 0 Å². The van der Waals surface area contributed by atoms with Crippen molar-refractivity contribution in [2.24, 2.45) is 5.73 Å². The molecule has 2 aromatic rings. The normalized spacial score (nSPS) is 13.1. The summed E-state index contributed by atoms with van der Waals surface area (Å²) < 4.78 is 12.0. The lowest BCUT2D eigenvalue weighted by molar-refractivity contribution is 0.0590. The lowest BCUT2D eigenvalue weighted by atomic mass is 10.2. The fourth-order valence-electron chi connectivity index (χ4n) is 3.64. The molecule has 152 valence electrons. The van der Waals surface area contributed by atoms with Gasteiger partial charge in [0.2, 0.25) is 0 Å². The number of carbonyl (C=O) groups is 1. The van der Waals surface area contributed by atoms with E-state index in [-0.39, 0.29) is 18.3 Å². The number of nitrogens with two attached hydrogens (primary N) is 1. The van der Waals surface area contributed by atoms with Crippen molar-refractivity contribution in [3.05, 3.63) is 60.7 Å². The summed E-state index contributed by atoms with van der Waals surface area (Å²) >= 11 is 0. The van der Waals surface area contributed by atoms with Gasteiger partial charge in [0, 0.05) is 6.61 Å². The summed E-state index contributed by atoms with van der Waals surface area (Å²) in [5, 5.41) is 11.3. The predicted octanol–water partition coefficient (Wildman–Crippen LogP) is 2.80. The molecule has 2 rings (SSSR count). The molecular weight excluding hydrogens is 370 g/mol. The number of amides is 1. The Balaban J connectivity index is 2.47. The fourth-order valence-corrected chi connectivity index (χ4v) is 8.23. The summed E-state index contributed by atoms with van der Waals surface area (Å²) in [7, 11) is -2.70. The largest absolute Gasteiger partial charge is 0.444 e. The number of hydrogen-bond acceptors (Lipinski definition) is 4. The molecular formula is C22H31NO4Si.